The number of fused-ring (bicyclic) bond motifs is 3. The lowest BCUT2D eigenvalue weighted by molar-refractivity contribution is 0.0909. The lowest BCUT2D eigenvalue weighted by Gasteiger charge is -2.21. The number of halogens is 1. The Labute approximate surface area is 154 Å². The molecule has 134 valence electrons. The van der Waals surface area contributed by atoms with E-state index >= 15 is 0 Å². The molecule has 3 aromatic rings. The molecule has 5 nitrogen and oxygen atoms in total. The molecule has 1 fully saturated rings. The zero-order chi connectivity index (χ0) is 17.7. The first-order chi connectivity index (χ1) is 12.7. The van der Waals surface area contributed by atoms with Gasteiger partial charge < -0.3 is 10.0 Å². The van der Waals surface area contributed by atoms with Crippen LogP contribution in [0.1, 0.15) is 23.3 Å². The van der Waals surface area contributed by atoms with Crippen molar-refractivity contribution in [2.75, 3.05) is 24.6 Å². The molecule has 1 N–H and O–H groups in total. The van der Waals surface area contributed by atoms with Crippen molar-refractivity contribution in [3.8, 4) is 11.4 Å². The van der Waals surface area contributed by atoms with E-state index in [0.717, 1.165) is 40.9 Å². The van der Waals surface area contributed by atoms with Crippen LogP contribution in [0.25, 0.3) is 21.6 Å². The van der Waals surface area contributed by atoms with Crippen LogP contribution in [-0.4, -0.2) is 45.4 Å². The number of pyridine rings is 1. The van der Waals surface area contributed by atoms with E-state index < -0.39 is 12.3 Å². The van der Waals surface area contributed by atoms with Crippen molar-refractivity contribution < 1.29 is 9.50 Å². The molecule has 7 heteroatoms. The molecule has 1 atom stereocenters. The summed E-state index contributed by atoms with van der Waals surface area (Å²) in [7, 11) is 0. The Morgan fingerprint density at radius 3 is 3.00 bits per heavy atom. The van der Waals surface area contributed by atoms with Gasteiger partial charge in [0.2, 0.25) is 0 Å². The maximum Gasteiger partial charge on any atom is 0.164 e. The van der Waals surface area contributed by atoms with Crippen molar-refractivity contribution in [2.24, 2.45) is 0 Å². The molecule has 1 saturated heterocycles. The van der Waals surface area contributed by atoms with Gasteiger partial charge in [0.05, 0.1) is 18.5 Å². The van der Waals surface area contributed by atoms with Gasteiger partial charge >= 0.3 is 0 Å². The number of aromatic nitrogens is 3. The van der Waals surface area contributed by atoms with Crippen LogP contribution in [0, 0.1) is 0 Å². The molecule has 0 aromatic carbocycles. The van der Waals surface area contributed by atoms with Crippen LogP contribution in [0.15, 0.2) is 24.5 Å². The van der Waals surface area contributed by atoms with Gasteiger partial charge in [-0.2, -0.15) is 0 Å². The van der Waals surface area contributed by atoms with Crippen molar-refractivity contribution >= 4 is 27.4 Å². The second-order valence-electron chi connectivity index (χ2n) is 7.13. The summed E-state index contributed by atoms with van der Waals surface area (Å²) in [4.78, 5) is 18.1. The van der Waals surface area contributed by atoms with Crippen LogP contribution >= 0.6 is 11.3 Å². The number of hydrogen-bond acceptors (Lipinski definition) is 6. The molecular weight excluding hydrogens is 351 g/mol. The van der Waals surface area contributed by atoms with E-state index in [1.807, 2.05) is 17.0 Å². The van der Waals surface area contributed by atoms with Crippen molar-refractivity contribution in [1.82, 2.24) is 15.0 Å². The van der Waals surface area contributed by atoms with E-state index in [2.05, 4.69) is 4.98 Å². The fourth-order valence-electron chi connectivity index (χ4n) is 3.97. The van der Waals surface area contributed by atoms with E-state index in [-0.39, 0.29) is 6.54 Å². The average molecular weight is 370 g/mol. The number of nitrogens with zero attached hydrogens (tertiary/aromatic N) is 4. The molecule has 5 rings (SSSR count). The molecule has 0 spiro atoms. The minimum atomic E-state index is -1.55. The van der Waals surface area contributed by atoms with Crippen LogP contribution in [0.4, 0.5) is 10.2 Å². The van der Waals surface area contributed by atoms with Gasteiger partial charge in [0, 0.05) is 35.8 Å². The van der Waals surface area contributed by atoms with Gasteiger partial charge in [0.25, 0.3) is 0 Å². The van der Waals surface area contributed by atoms with Gasteiger partial charge in [0.1, 0.15) is 10.6 Å². The van der Waals surface area contributed by atoms with Crippen molar-refractivity contribution in [2.45, 2.75) is 31.4 Å². The van der Waals surface area contributed by atoms with E-state index in [1.165, 1.54) is 10.4 Å². The Bertz CT molecular complexity index is 977. The van der Waals surface area contributed by atoms with E-state index in [1.54, 1.807) is 23.7 Å². The van der Waals surface area contributed by atoms with Crippen molar-refractivity contribution in [3.05, 3.63) is 35.0 Å². The lowest BCUT2D eigenvalue weighted by Crippen LogP contribution is -2.32. The number of alkyl halides is 1. The SMILES string of the molecule is OC[C@@]1(F)CCN(c2nc(-c3cccnc3)nc3sc4c(c23)CCC4)C1. The monoisotopic (exact) mass is 370 g/mol. The maximum absolute atomic E-state index is 14.7. The molecule has 26 heavy (non-hydrogen) atoms. The first-order valence-electron chi connectivity index (χ1n) is 8.94. The molecule has 0 amide bonds. The zero-order valence-electron chi connectivity index (χ0n) is 14.3. The second-order valence-corrected chi connectivity index (χ2v) is 8.21. The number of aliphatic hydroxyl groups excluding tert-OH is 1. The highest BCUT2D eigenvalue weighted by Crippen LogP contribution is 2.43. The Balaban J connectivity index is 1.69. The quantitative estimate of drug-likeness (QED) is 0.767. The number of aryl methyl sites for hydroxylation is 2. The van der Waals surface area contributed by atoms with Gasteiger partial charge in [-0.25, -0.2) is 14.4 Å². The summed E-state index contributed by atoms with van der Waals surface area (Å²) < 4.78 is 14.7. The Kier molecular flexibility index (Phi) is 3.68. The summed E-state index contributed by atoms with van der Waals surface area (Å²) in [6.07, 6.45) is 7.08. The number of anilines is 1. The van der Waals surface area contributed by atoms with Crippen LogP contribution < -0.4 is 4.90 Å². The minimum absolute atomic E-state index is 0.173. The first-order valence-corrected chi connectivity index (χ1v) is 9.76. The molecule has 0 unspecified atom stereocenters. The summed E-state index contributed by atoms with van der Waals surface area (Å²) in [6, 6.07) is 3.81. The highest BCUT2D eigenvalue weighted by molar-refractivity contribution is 7.19. The fourth-order valence-corrected chi connectivity index (χ4v) is 5.23. The second kappa shape index (κ2) is 5.96. The summed E-state index contributed by atoms with van der Waals surface area (Å²) in [5.41, 5.74) is 0.639. The number of hydrogen-bond donors (Lipinski definition) is 1. The van der Waals surface area contributed by atoms with Crippen LogP contribution in [-0.2, 0) is 12.8 Å². The van der Waals surface area contributed by atoms with E-state index in [9.17, 15) is 9.50 Å². The molecule has 2 aliphatic rings. The molecule has 0 bridgehead atoms. The van der Waals surface area contributed by atoms with Gasteiger partial charge in [-0.15, -0.1) is 11.3 Å². The van der Waals surface area contributed by atoms with Crippen LogP contribution in [0.3, 0.4) is 0 Å². The molecular formula is C19H19FN4OS. The molecule has 4 heterocycles. The number of rotatable bonds is 3. The molecule has 1 aliphatic carbocycles. The standard InChI is InChI=1S/C19H19FN4OS/c20-19(11-25)6-8-24(10-19)17-15-13-4-1-5-14(13)26-18(15)23-16(22-17)12-3-2-7-21-9-12/h2-3,7,9,25H,1,4-6,8,10-11H2/t19-/m1/s1. The highest BCUT2D eigenvalue weighted by atomic mass is 32.1. The van der Waals surface area contributed by atoms with Crippen LogP contribution in [0.5, 0.6) is 0 Å². The predicted octanol–water partition coefficient (Wildman–Crippen LogP) is 3.15. The summed E-state index contributed by atoms with van der Waals surface area (Å²) >= 11 is 1.73. The lowest BCUT2D eigenvalue weighted by atomic mass is 10.1. The third-order valence-corrected chi connectivity index (χ3v) is 6.54. The van der Waals surface area contributed by atoms with E-state index in [0.29, 0.717) is 18.8 Å². The Morgan fingerprint density at radius 1 is 1.31 bits per heavy atom. The number of aliphatic hydroxyl groups is 1. The highest BCUT2D eigenvalue weighted by Gasteiger charge is 2.39. The van der Waals surface area contributed by atoms with Gasteiger partial charge in [0.15, 0.2) is 11.5 Å². The third-order valence-electron chi connectivity index (χ3n) is 5.35. The third kappa shape index (κ3) is 2.49. The van der Waals surface area contributed by atoms with Gasteiger partial charge in [-0.1, -0.05) is 0 Å². The largest absolute Gasteiger partial charge is 0.393 e. The maximum atomic E-state index is 14.7. The fraction of sp³-hybridized carbons (Fsp3) is 0.421. The van der Waals surface area contributed by atoms with Crippen molar-refractivity contribution in [3.63, 3.8) is 0 Å². The minimum Gasteiger partial charge on any atom is -0.393 e. The predicted molar refractivity (Wildman–Crippen MR) is 100 cm³/mol. The summed E-state index contributed by atoms with van der Waals surface area (Å²) in [5, 5.41) is 10.5. The van der Waals surface area contributed by atoms with Crippen molar-refractivity contribution in [1.29, 1.82) is 0 Å². The molecule has 1 aliphatic heterocycles. The zero-order valence-corrected chi connectivity index (χ0v) is 15.1. The number of thiophene rings is 1. The normalized spacial score (nSPS) is 22.3. The molecule has 3 aromatic heterocycles. The molecule has 0 saturated carbocycles. The molecule has 0 radical (unpaired) electrons. The Morgan fingerprint density at radius 2 is 2.23 bits per heavy atom. The van der Waals surface area contributed by atoms with Crippen LogP contribution in [0.2, 0.25) is 0 Å². The van der Waals surface area contributed by atoms with Gasteiger partial charge in [-0.3, -0.25) is 4.98 Å². The average Bonchev–Trinajstić information content (AvgIpc) is 3.36. The topological polar surface area (TPSA) is 62.1 Å². The van der Waals surface area contributed by atoms with Gasteiger partial charge in [-0.05, 0) is 37.0 Å². The Hall–Kier alpha value is -2.12. The first kappa shape index (κ1) is 16.1. The summed E-state index contributed by atoms with van der Waals surface area (Å²) in [6.45, 7) is 0.280. The smallest absolute Gasteiger partial charge is 0.164 e. The van der Waals surface area contributed by atoms with E-state index in [4.69, 9.17) is 9.97 Å². The summed E-state index contributed by atoms with van der Waals surface area (Å²) in [5.74, 6) is 1.43.